The van der Waals surface area contributed by atoms with Gasteiger partial charge in [-0.1, -0.05) is 0 Å². The van der Waals surface area contributed by atoms with Crippen LogP contribution >= 0.6 is 0 Å². The van der Waals surface area contributed by atoms with E-state index in [0.29, 0.717) is 11.1 Å². The number of anilines is 2. The molecule has 0 amide bonds. The Kier molecular flexibility index (Phi) is 2.78. The Balaban J connectivity index is 2.19. The first-order chi connectivity index (χ1) is 8.77. The number of piperidine rings is 1. The molecule has 0 spiro atoms. The minimum Gasteiger partial charge on any atom is -0.398 e. The van der Waals surface area contributed by atoms with Gasteiger partial charge in [0.2, 0.25) is 0 Å². The van der Waals surface area contributed by atoms with E-state index in [9.17, 15) is 4.39 Å². The first-order valence-electron chi connectivity index (χ1n) is 6.35. The lowest BCUT2D eigenvalue weighted by Crippen LogP contribution is -2.30. The van der Waals surface area contributed by atoms with E-state index in [1.54, 1.807) is 18.3 Å². The quantitative estimate of drug-likeness (QED) is 0.785. The van der Waals surface area contributed by atoms with Crippen LogP contribution in [-0.4, -0.2) is 18.1 Å². The molecule has 0 unspecified atom stereocenters. The molecule has 1 saturated heterocycles. The monoisotopic (exact) mass is 245 g/mol. The summed E-state index contributed by atoms with van der Waals surface area (Å²) in [4.78, 5) is 6.62. The average Bonchev–Trinajstić information content (AvgIpc) is 2.43. The van der Waals surface area contributed by atoms with Crippen LogP contribution in [0.15, 0.2) is 24.4 Å². The molecule has 3 rings (SSSR count). The van der Waals surface area contributed by atoms with Crippen molar-refractivity contribution >= 4 is 22.3 Å². The van der Waals surface area contributed by atoms with Crippen molar-refractivity contribution < 1.29 is 4.39 Å². The van der Waals surface area contributed by atoms with Crippen LogP contribution in [0.25, 0.3) is 10.8 Å². The summed E-state index contributed by atoms with van der Waals surface area (Å²) in [5, 5.41) is 1.31. The second kappa shape index (κ2) is 4.44. The summed E-state index contributed by atoms with van der Waals surface area (Å²) in [6.07, 6.45) is 5.24. The third-order valence-corrected chi connectivity index (χ3v) is 3.54. The lowest BCUT2D eigenvalue weighted by atomic mass is 10.1. The van der Waals surface area contributed by atoms with Gasteiger partial charge in [-0.3, -0.25) is 0 Å². The van der Waals surface area contributed by atoms with Crippen molar-refractivity contribution in [3.05, 3.63) is 30.2 Å². The highest BCUT2D eigenvalue weighted by molar-refractivity contribution is 6.01. The molecule has 3 nitrogen and oxygen atoms in total. The average molecular weight is 245 g/mol. The second-order valence-electron chi connectivity index (χ2n) is 4.74. The van der Waals surface area contributed by atoms with Crippen LogP contribution in [0.2, 0.25) is 0 Å². The molecule has 2 N–H and O–H groups in total. The minimum absolute atomic E-state index is 0.236. The number of fused-ring (bicyclic) bond motifs is 1. The van der Waals surface area contributed by atoms with Crippen molar-refractivity contribution in [3.63, 3.8) is 0 Å². The number of nitrogen functional groups attached to an aromatic ring is 1. The smallest absolute Gasteiger partial charge is 0.138 e. The van der Waals surface area contributed by atoms with Gasteiger partial charge in [0.1, 0.15) is 11.6 Å². The first-order valence-corrected chi connectivity index (χ1v) is 6.35. The van der Waals surface area contributed by atoms with E-state index in [-0.39, 0.29) is 5.82 Å². The molecular formula is C14H16FN3. The highest BCUT2D eigenvalue weighted by Crippen LogP contribution is 2.32. The molecule has 2 aromatic rings. The first kappa shape index (κ1) is 11.3. The van der Waals surface area contributed by atoms with E-state index in [2.05, 4.69) is 9.88 Å². The maximum absolute atomic E-state index is 13.8. The Labute approximate surface area is 105 Å². The van der Waals surface area contributed by atoms with E-state index in [1.165, 1.54) is 12.5 Å². The van der Waals surface area contributed by atoms with Crippen molar-refractivity contribution in [1.82, 2.24) is 4.98 Å². The SMILES string of the molecule is Nc1ccc(F)c2ccnc(N3CCCCC3)c12. The number of aromatic nitrogens is 1. The van der Waals surface area contributed by atoms with Gasteiger partial charge in [0.05, 0.1) is 5.39 Å². The number of pyridine rings is 1. The summed E-state index contributed by atoms with van der Waals surface area (Å²) < 4.78 is 13.8. The molecule has 1 fully saturated rings. The van der Waals surface area contributed by atoms with E-state index in [4.69, 9.17) is 5.73 Å². The van der Waals surface area contributed by atoms with Gasteiger partial charge in [0, 0.05) is 30.4 Å². The van der Waals surface area contributed by atoms with Crippen LogP contribution in [0.3, 0.4) is 0 Å². The van der Waals surface area contributed by atoms with Crippen LogP contribution in [-0.2, 0) is 0 Å². The molecule has 0 atom stereocenters. The fourth-order valence-corrected chi connectivity index (χ4v) is 2.62. The van der Waals surface area contributed by atoms with Gasteiger partial charge in [-0.2, -0.15) is 0 Å². The van der Waals surface area contributed by atoms with Gasteiger partial charge in [-0.15, -0.1) is 0 Å². The van der Waals surface area contributed by atoms with Crippen LogP contribution in [0.4, 0.5) is 15.9 Å². The van der Waals surface area contributed by atoms with Gasteiger partial charge in [-0.05, 0) is 37.5 Å². The summed E-state index contributed by atoms with van der Waals surface area (Å²) in [7, 11) is 0. The van der Waals surface area contributed by atoms with Crippen LogP contribution in [0.1, 0.15) is 19.3 Å². The molecule has 0 radical (unpaired) electrons. The molecule has 94 valence electrons. The Hall–Kier alpha value is -1.84. The number of hydrogen-bond acceptors (Lipinski definition) is 3. The van der Waals surface area contributed by atoms with E-state index < -0.39 is 0 Å². The Bertz CT molecular complexity index is 577. The Morgan fingerprint density at radius 3 is 2.67 bits per heavy atom. The molecule has 0 saturated carbocycles. The van der Waals surface area contributed by atoms with Crippen LogP contribution < -0.4 is 10.6 Å². The number of nitrogens with two attached hydrogens (primary N) is 1. The Morgan fingerprint density at radius 1 is 1.11 bits per heavy atom. The highest BCUT2D eigenvalue weighted by atomic mass is 19.1. The number of halogens is 1. The zero-order valence-electron chi connectivity index (χ0n) is 10.2. The van der Waals surface area contributed by atoms with E-state index in [0.717, 1.165) is 37.1 Å². The van der Waals surface area contributed by atoms with Crippen molar-refractivity contribution in [2.75, 3.05) is 23.7 Å². The van der Waals surface area contributed by atoms with Crippen LogP contribution in [0, 0.1) is 5.82 Å². The molecule has 4 heteroatoms. The largest absolute Gasteiger partial charge is 0.398 e. The zero-order valence-corrected chi connectivity index (χ0v) is 10.2. The van der Waals surface area contributed by atoms with Crippen LogP contribution in [0.5, 0.6) is 0 Å². The summed E-state index contributed by atoms with van der Waals surface area (Å²) in [5.41, 5.74) is 6.60. The van der Waals surface area contributed by atoms with Crippen molar-refractivity contribution in [2.45, 2.75) is 19.3 Å². The number of hydrogen-bond donors (Lipinski definition) is 1. The van der Waals surface area contributed by atoms with Gasteiger partial charge in [-0.25, -0.2) is 9.37 Å². The fraction of sp³-hybridized carbons (Fsp3) is 0.357. The molecule has 0 bridgehead atoms. The zero-order chi connectivity index (χ0) is 12.5. The van der Waals surface area contributed by atoms with E-state index in [1.807, 2.05) is 0 Å². The molecule has 1 aromatic carbocycles. The van der Waals surface area contributed by atoms with Crippen molar-refractivity contribution in [1.29, 1.82) is 0 Å². The number of nitrogens with zero attached hydrogens (tertiary/aromatic N) is 2. The Morgan fingerprint density at radius 2 is 1.89 bits per heavy atom. The fourth-order valence-electron chi connectivity index (χ4n) is 2.62. The lowest BCUT2D eigenvalue weighted by Gasteiger charge is -2.29. The maximum Gasteiger partial charge on any atom is 0.138 e. The summed E-state index contributed by atoms with van der Waals surface area (Å²) in [6, 6.07) is 4.72. The molecule has 1 aliphatic rings. The van der Waals surface area contributed by atoms with Gasteiger partial charge in [0.15, 0.2) is 0 Å². The minimum atomic E-state index is -0.236. The third-order valence-electron chi connectivity index (χ3n) is 3.54. The molecule has 1 aliphatic heterocycles. The lowest BCUT2D eigenvalue weighted by molar-refractivity contribution is 0.574. The molecule has 18 heavy (non-hydrogen) atoms. The summed E-state index contributed by atoms with van der Waals surface area (Å²) in [5.74, 6) is 0.587. The summed E-state index contributed by atoms with van der Waals surface area (Å²) in [6.45, 7) is 1.95. The third kappa shape index (κ3) is 1.78. The predicted molar refractivity (Wildman–Crippen MR) is 72.2 cm³/mol. The normalized spacial score (nSPS) is 16.2. The predicted octanol–water partition coefficient (Wildman–Crippen LogP) is 2.95. The summed E-state index contributed by atoms with van der Waals surface area (Å²) >= 11 is 0. The maximum atomic E-state index is 13.8. The van der Waals surface area contributed by atoms with Crippen molar-refractivity contribution in [3.8, 4) is 0 Å². The topological polar surface area (TPSA) is 42.1 Å². The van der Waals surface area contributed by atoms with E-state index >= 15 is 0 Å². The molecule has 2 heterocycles. The van der Waals surface area contributed by atoms with Gasteiger partial charge < -0.3 is 10.6 Å². The van der Waals surface area contributed by atoms with Gasteiger partial charge >= 0.3 is 0 Å². The number of benzene rings is 1. The molecule has 1 aromatic heterocycles. The highest BCUT2D eigenvalue weighted by Gasteiger charge is 2.17. The molecular weight excluding hydrogens is 229 g/mol. The standard InChI is InChI=1S/C14H16FN3/c15-11-4-5-12(16)13-10(11)6-7-17-14(13)18-8-2-1-3-9-18/h4-7H,1-3,8-9,16H2. The van der Waals surface area contributed by atoms with Crippen molar-refractivity contribution in [2.24, 2.45) is 0 Å². The van der Waals surface area contributed by atoms with Gasteiger partial charge in [0.25, 0.3) is 0 Å². The number of rotatable bonds is 1. The second-order valence-corrected chi connectivity index (χ2v) is 4.74. The molecule has 0 aliphatic carbocycles.